The van der Waals surface area contributed by atoms with Crippen LogP contribution < -0.4 is 5.56 Å². The summed E-state index contributed by atoms with van der Waals surface area (Å²) >= 11 is 0. The average molecular weight is 301 g/mol. The number of nitriles is 1. The number of fused-ring (bicyclic) bond motifs is 3. The Morgan fingerprint density at radius 3 is 2.83 bits per heavy atom. The van der Waals surface area contributed by atoms with Crippen molar-refractivity contribution in [3.8, 4) is 17.3 Å². The van der Waals surface area contributed by atoms with E-state index < -0.39 is 0 Å². The molecular formula is C17H11N5O. The van der Waals surface area contributed by atoms with Crippen LogP contribution in [0.15, 0.2) is 53.5 Å². The summed E-state index contributed by atoms with van der Waals surface area (Å²) in [6.45, 7) is 0. The first-order valence-electron chi connectivity index (χ1n) is 7.03. The van der Waals surface area contributed by atoms with Crippen LogP contribution in [0, 0.1) is 11.3 Å². The molecule has 1 aromatic carbocycles. The predicted molar refractivity (Wildman–Crippen MR) is 85.9 cm³/mol. The molecule has 4 aromatic rings. The molecule has 3 heterocycles. The van der Waals surface area contributed by atoms with E-state index in [4.69, 9.17) is 5.26 Å². The van der Waals surface area contributed by atoms with E-state index >= 15 is 0 Å². The van der Waals surface area contributed by atoms with Crippen molar-refractivity contribution in [1.82, 2.24) is 19.2 Å². The first kappa shape index (κ1) is 13.2. The van der Waals surface area contributed by atoms with Gasteiger partial charge < -0.3 is 0 Å². The minimum Gasteiger partial charge on any atom is -0.296 e. The van der Waals surface area contributed by atoms with Crippen molar-refractivity contribution < 1.29 is 0 Å². The van der Waals surface area contributed by atoms with Crippen molar-refractivity contribution in [3.05, 3.63) is 64.7 Å². The van der Waals surface area contributed by atoms with Crippen LogP contribution in [0.2, 0.25) is 0 Å². The lowest BCUT2D eigenvalue weighted by Gasteiger charge is -2.05. The zero-order chi connectivity index (χ0) is 16.0. The van der Waals surface area contributed by atoms with Crippen LogP contribution in [0.4, 0.5) is 0 Å². The van der Waals surface area contributed by atoms with Crippen LogP contribution in [0.5, 0.6) is 0 Å². The lowest BCUT2D eigenvalue weighted by atomic mass is 10.2. The van der Waals surface area contributed by atoms with E-state index in [2.05, 4.69) is 10.1 Å². The summed E-state index contributed by atoms with van der Waals surface area (Å²) in [6, 6.07) is 14.7. The molecule has 0 saturated carbocycles. The third-order valence-corrected chi connectivity index (χ3v) is 3.87. The summed E-state index contributed by atoms with van der Waals surface area (Å²) in [5.74, 6) is 0. The van der Waals surface area contributed by atoms with Gasteiger partial charge in [0.25, 0.3) is 5.56 Å². The Labute approximate surface area is 130 Å². The van der Waals surface area contributed by atoms with Gasteiger partial charge in [0, 0.05) is 24.9 Å². The topological polar surface area (TPSA) is 76.0 Å². The fourth-order valence-electron chi connectivity index (χ4n) is 2.70. The Bertz CT molecular complexity index is 1160. The molecule has 0 N–H and O–H groups in total. The van der Waals surface area contributed by atoms with E-state index in [0.717, 1.165) is 11.1 Å². The third kappa shape index (κ3) is 1.91. The average Bonchev–Trinajstić information content (AvgIpc) is 3.05. The Kier molecular flexibility index (Phi) is 2.75. The highest BCUT2D eigenvalue weighted by molar-refractivity contribution is 5.81. The summed E-state index contributed by atoms with van der Waals surface area (Å²) in [6.07, 6.45) is 1.58. The summed E-state index contributed by atoms with van der Waals surface area (Å²) in [5, 5.41) is 14.2. The Morgan fingerprint density at radius 2 is 2.00 bits per heavy atom. The fourth-order valence-corrected chi connectivity index (χ4v) is 2.70. The van der Waals surface area contributed by atoms with Gasteiger partial charge in [0.1, 0.15) is 17.4 Å². The van der Waals surface area contributed by atoms with Gasteiger partial charge in [-0.2, -0.15) is 10.4 Å². The molecule has 3 aromatic heterocycles. The largest absolute Gasteiger partial charge is 0.296 e. The van der Waals surface area contributed by atoms with Crippen molar-refractivity contribution in [3.63, 3.8) is 0 Å². The molecule has 0 fully saturated rings. The zero-order valence-electron chi connectivity index (χ0n) is 12.3. The number of pyridine rings is 1. The van der Waals surface area contributed by atoms with E-state index in [0.29, 0.717) is 22.4 Å². The second kappa shape index (κ2) is 4.78. The molecule has 0 saturated heterocycles. The lowest BCUT2D eigenvalue weighted by molar-refractivity contribution is 0.850. The molecule has 23 heavy (non-hydrogen) atoms. The summed E-state index contributed by atoms with van der Waals surface area (Å²) < 4.78 is 3.32. The summed E-state index contributed by atoms with van der Waals surface area (Å²) in [4.78, 5) is 16.4. The second-order valence-corrected chi connectivity index (χ2v) is 5.22. The van der Waals surface area contributed by atoms with Crippen molar-refractivity contribution in [2.75, 3.05) is 0 Å². The summed E-state index contributed by atoms with van der Waals surface area (Å²) in [7, 11) is 1.73. The Hall–Kier alpha value is -3.46. The van der Waals surface area contributed by atoms with Crippen LogP contribution in [-0.2, 0) is 7.05 Å². The summed E-state index contributed by atoms with van der Waals surface area (Å²) in [5.41, 5.74) is 3.20. The van der Waals surface area contributed by atoms with Crippen molar-refractivity contribution in [2.24, 2.45) is 7.05 Å². The SMILES string of the molecule is Cn1c(=O)c2ccccc2n2nc(-c3ccnc(C#N)c3)cc12. The van der Waals surface area contributed by atoms with Gasteiger partial charge in [-0.1, -0.05) is 12.1 Å². The lowest BCUT2D eigenvalue weighted by Crippen LogP contribution is -2.19. The number of benzene rings is 1. The Balaban J connectivity index is 2.09. The molecule has 0 aliphatic heterocycles. The van der Waals surface area contributed by atoms with Crippen molar-refractivity contribution in [1.29, 1.82) is 5.26 Å². The number of para-hydroxylation sites is 1. The van der Waals surface area contributed by atoms with Crippen LogP contribution in [0.1, 0.15) is 5.69 Å². The molecule has 0 atom stereocenters. The van der Waals surface area contributed by atoms with Crippen molar-refractivity contribution in [2.45, 2.75) is 0 Å². The number of aryl methyl sites for hydroxylation is 1. The smallest absolute Gasteiger partial charge is 0.261 e. The van der Waals surface area contributed by atoms with Crippen LogP contribution >= 0.6 is 0 Å². The molecule has 110 valence electrons. The number of aromatic nitrogens is 4. The van der Waals surface area contributed by atoms with E-state index in [1.165, 1.54) is 0 Å². The highest BCUT2D eigenvalue weighted by atomic mass is 16.1. The van der Waals surface area contributed by atoms with Gasteiger partial charge in [0.05, 0.1) is 16.6 Å². The number of nitrogens with zero attached hydrogens (tertiary/aromatic N) is 5. The van der Waals surface area contributed by atoms with E-state index in [1.54, 1.807) is 40.5 Å². The van der Waals surface area contributed by atoms with Gasteiger partial charge in [-0.05, 0) is 24.3 Å². The maximum atomic E-state index is 12.5. The van der Waals surface area contributed by atoms with Gasteiger partial charge in [0.15, 0.2) is 0 Å². The molecule has 0 aliphatic carbocycles. The Morgan fingerprint density at radius 1 is 1.17 bits per heavy atom. The second-order valence-electron chi connectivity index (χ2n) is 5.22. The molecule has 0 aliphatic rings. The van der Waals surface area contributed by atoms with Gasteiger partial charge in [-0.25, -0.2) is 9.50 Å². The van der Waals surface area contributed by atoms with Crippen molar-refractivity contribution >= 4 is 16.6 Å². The van der Waals surface area contributed by atoms with Gasteiger partial charge in [-0.15, -0.1) is 0 Å². The van der Waals surface area contributed by atoms with Gasteiger partial charge in [-0.3, -0.25) is 9.36 Å². The van der Waals surface area contributed by atoms with E-state index in [-0.39, 0.29) is 5.56 Å². The first-order chi connectivity index (χ1) is 11.2. The number of rotatable bonds is 1. The minimum absolute atomic E-state index is 0.0630. The van der Waals surface area contributed by atoms with Crippen LogP contribution in [0.25, 0.3) is 27.8 Å². The zero-order valence-corrected chi connectivity index (χ0v) is 12.3. The molecule has 0 bridgehead atoms. The van der Waals surface area contributed by atoms with Gasteiger partial charge in [0.2, 0.25) is 0 Å². The minimum atomic E-state index is -0.0630. The quantitative estimate of drug-likeness (QED) is 0.539. The highest BCUT2D eigenvalue weighted by Gasteiger charge is 2.12. The first-order valence-corrected chi connectivity index (χ1v) is 7.03. The highest BCUT2D eigenvalue weighted by Crippen LogP contribution is 2.21. The van der Waals surface area contributed by atoms with Crippen LogP contribution in [0.3, 0.4) is 0 Å². The molecule has 6 nitrogen and oxygen atoms in total. The molecular weight excluding hydrogens is 290 g/mol. The van der Waals surface area contributed by atoms with Crippen LogP contribution in [-0.4, -0.2) is 19.2 Å². The third-order valence-electron chi connectivity index (χ3n) is 3.87. The fraction of sp³-hybridized carbons (Fsp3) is 0.0588. The molecule has 6 heteroatoms. The molecule has 0 spiro atoms. The molecule has 0 unspecified atom stereocenters. The number of hydrogen-bond donors (Lipinski definition) is 0. The monoisotopic (exact) mass is 301 g/mol. The maximum absolute atomic E-state index is 12.5. The maximum Gasteiger partial charge on any atom is 0.261 e. The molecule has 0 radical (unpaired) electrons. The predicted octanol–water partition coefficient (Wildman–Crippen LogP) is 2.12. The number of hydrogen-bond acceptors (Lipinski definition) is 4. The normalized spacial score (nSPS) is 11.0. The molecule has 0 amide bonds. The molecule has 4 rings (SSSR count). The standard InChI is InChI=1S/C17H11N5O/c1-21-16-9-14(11-6-7-19-12(8-11)10-18)20-22(16)15-5-3-2-4-13(15)17(21)23/h2-9H,1H3. The van der Waals surface area contributed by atoms with Gasteiger partial charge >= 0.3 is 0 Å². The van der Waals surface area contributed by atoms with E-state index in [1.807, 2.05) is 30.3 Å². The van der Waals surface area contributed by atoms with E-state index in [9.17, 15) is 4.79 Å².